The molecule has 1 atom stereocenters. The van der Waals surface area contributed by atoms with Gasteiger partial charge in [0.25, 0.3) is 0 Å². The van der Waals surface area contributed by atoms with E-state index in [2.05, 4.69) is 72.3 Å². The van der Waals surface area contributed by atoms with Gasteiger partial charge in [-0.3, -0.25) is 0 Å². The summed E-state index contributed by atoms with van der Waals surface area (Å²) >= 11 is 3.92. The fourth-order valence-corrected chi connectivity index (χ4v) is 2.87. The monoisotopic (exact) mass is 350 g/mol. The number of benzene rings is 1. The molecule has 3 heteroatoms. The van der Waals surface area contributed by atoms with Crippen molar-refractivity contribution in [3.8, 4) is 0 Å². The van der Waals surface area contributed by atoms with Gasteiger partial charge in [-0.1, -0.05) is 78.3 Å². The highest BCUT2D eigenvalue weighted by Gasteiger charge is 2.41. The molecule has 0 aliphatic heterocycles. The lowest BCUT2D eigenvalue weighted by molar-refractivity contribution is -0.0618. The minimum atomic E-state index is -0.0912. The van der Waals surface area contributed by atoms with Crippen LogP contribution in [0.1, 0.15) is 25.8 Å². The largest absolute Gasteiger partial charge is 0.359 e. The lowest BCUT2D eigenvalue weighted by Gasteiger charge is -2.41. The molecule has 21 heavy (non-hydrogen) atoms. The van der Waals surface area contributed by atoms with Gasteiger partial charge in [0.1, 0.15) is 6.79 Å². The predicted octanol–water partition coefficient (Wildman–Crippen LogP) is 4.81. The summed E-state index contributed by atoms with van der Waals surface area (Å²) in [5, 5.41) is 0. The van der Waals surface area contributed by atoms with E-state index >= 15 is 0 Å². The van der Waals surface area contributed by atoms with Crippen molar-refractivity contribution >= 4 is 21.5 Å². The number of rotatable bonds is 6. The van der Waals surface area contributed by atoms with E-state index in [-0.39, 0.29) is 9.74 Å². The van der Waals surface area contributed by atoms with Crippen molar-refractivity contribution in [1.29, 1.82) is 0 Å². The van der Waals surface area contributed by atoms with E-state index in [0.29, 0.717) is 13.4 Å². The highest BCUT2D eigenvalue weighted by Crippen LogP contribution is 2.46. The molecule has 1 aliphatic rings. The molecule has 1 aromatic carbocycles. The first-order valence-corrected chi connectivity index (χ1v) is 7.98. The summed E-state index contributed by atoms with van der Waals surface area (Å²) in [7, 11) is 1.65. The van der Waals surface area contributed by atoms with E-state index in [1.165, 1.54) is 11.1 Å². The fraction of sp³-hybridized carbons (Fsp3) is 0.444. The van der Waals surface area contributed by atoms with Crippen molar-refractivity contribution < 1.29 is 9.47 Å². The molecule has 0 saturated heterocycles. The first-order valence-electron chi connectivity index (χ1n) is 7.19. The Morgan fingerprint density at radius 1 is 1.24 bits per heavy atom. The summed E-state index contributed by atoms with van der Waals surface area (Å²) in [6.07, 6.45) is 7.69. The summed E-state index contributed by atoms with van der Waals surface area (Å²) < 4.78 is 10.4. The number of alkyl halides is 1. The predicted molar refractivity (Wildman–Crippen MR) is 91.4 cm³/mol. The van der Waals surface area contributed by atoms with E-state index < -0.39 is 0 Å². The van der Waals surface area contributed by atoms with Gasteiger partial charge in [0.2, 0.25) is 0 Å². The number of ether oxygens (including phenoxy) is 2. The van der Waals surface area contributed by atoms with Gasteiger partial charge >= 0.3 is 0 Å². The fourth-order valence-electron chi connectivity index (χ4n) is 2.46. The Morgan fingerprint density at radius 3 is 2.52 bits per heavy atom. The molecule has 1 unspecified atom stereocenters. The number of allylic oxidation sites excluding steroid dienone is 4. The zero-order valence-corrected chi connectivity index (χ0v) is 14.5. The maximum atomic E-state index is 5.57. The summed E-state index contributed by atoms with van der Waals surface area (Å²) in [4.78, 5) is 0. The Hall–Kier alpha value is -0.900. The smallest absolute Gasteiger partial charge is 0.146 e. The number of hydrogen-bond acceptors (Lipinski definition) is 2. The highest BCUT2D eigenvalue weighted by molar-refractivity contribution is 9.10. The second-order valence-electron chi connectivity index (χ2n) is 6.06. The molecule has 0 aromatic heterocycles. The normalized spacial score (nSPS) is 22.2. The quantitative estimate of drug-likeness (QED) is 0.416. The van der Waals surface area contributed by atoms with Crippen molar-refractivity contribution in [2.45, 2.75) is 24.6 Å². The minimum absolute atomic E-state index is 0.0270. The Bertz CT molecular complexity index is 519. The molecule has 0 saturated carbocycles. The molecule has 1 aliphatic carbocycles. The Morgan fingerprint density at radius 2 is 1.95 bits per heavy atom. The first kappa shape index (κ1) is 16.5. The zero-order valence-electron chi connectivity index (χ0n) is 12.9. The van der Waals surface area contributed by atoms with Crippen LogP contribution >= 0.6 is 15.9 Å². The topological polar surface area (TPSA) is 18.5 Å². The highest BCUT2D eigenvalue weighted by atomic mass is 79.9. The number of methoxy groups -OCH3 is 1. The van der Waals surface area contributed by atoms with Crippen LogP contribution in [0.4, 0.5) is 0 Å². The summed E-state index contributed by atoms with van der Waals surface area (Å²) in [6, 6.07) is 10.5. The molecule has 0 fully saturated rings. The van der Waals surface area contributed by atoms with Crippen LogP contribution < -0.4 is 0 Å². The average Bonchev–Trinajstić information content (AvgIpc) is 2.49. The molecule has 0 heterocycles. The van der Waals surface area contributed by atoms with E-state index in [1.54, 1.807) is 7.11 Å². The van der Waals surface area contributed by atoms with Crippen molar-refractivity contribution in [3.63, 3.8) is 0 Å². The van der Waals surface area contributed by atoms with Gasteiger partial charge in [-0.05, 0) is 17.6 Å². The number of halogens is 1. The van der Waals surface area contributed by atoms with Crippen LogP contribution in [-0.4, -0.2) is 24.8 Å². The molecule has 2 rings (SSSR count). The lowest BCUT2D eigenvalue weighted by atomic mass is 9.74. The lowest BCUT2D eigenvalue weighted by Crippen LogP contribution is -2.41. The van der Waals surface area contributed by atoms with Gasteiger partial charge in [-0.25, -0.2) is 0 Å². The second kappa shape index (κ2) is 6.91. The molecular weight excluding hydrogens is 328 g/mol. The molecule has 0 bridgehead atoms. The maximum Gasteiger partial charge on any atom is 0.146 e. The van der Waals surface area contributed by atoms with Crippen LogP contribution in [0.25, 0.3) is 5.57 Å². The molecule has 0 amide bonds. The number of hydrogen-bond donors (Lipinski definition) is 0. The van der Waals surface area contributed by atoms with Crippen LogP contribution in [0, 0.1) is 5.41 Å². The van der Waals surface area contributed by atoms with Crippen molar-refractivity contribution in [3.05, 3.63) is 54.1 Å². The Balaban J connectivity index is 2.08. The molecule has 2 nitrogen and oxygen atoms in total. The van der Waals surface area contributed by atoms with Crippen molar-refractivity contribution in [2.24, 2.45) is 5.41 Å². The van der Waals surface area contributed by atoms with E-state index in [4.69, 9.17) is 9.47 Å². The molecule has 0 N–H and O–H groups in total. The van der Waals surface area contributed by atoms with Crippen LogP contribution in [0.2, 0.25) is 0 Å². The molecule has 114 valence electrons. The van der Waals surface area contributed by atoms with Gasteiger partial charge in [0.15, 0.2) is 0 Å². The van der Waals surface area contributed by atoms with Gasteiger partial charge < -0.3 is 9.47 Å². The third-order valence-electron chi connectivity index (χ3n) is 4.04. The van der Waals surface area contributed by atoms with Gasteiger partial charge in [-0.15, -0.1) is 0 Å². The van der Waals surface area contributed by atoms with Crippen molar-refractivity contribution in [1.82, 2.24) is 0 Å². The summed E-state index contributed by atoms with van der Waals surface area (Å²) in [6.45, 7) is 5.40. The van der Waals surface area contributed by atoms with E-state index in [1.807, 2.05) is 6.07 Å². The molecule has 1 aromatic rings. The molecular formula is C18H23BrO2. The summed E-state index contributed by atoms with van der Waals surface area (Å²) in [5.41, 5.74) is 2.51. The second-order valence-corrected chi connectivity index (χ2v) is 7.48. The maximum absolute atomic E-state index is 5.57. The Kier molecular flexibility index (Phi) is 5.42. The zero-order chi connectivity index (χ0) is 15.3. The van der Waals surface area contributed by atoms with Crippen molar-refractivity contribution in [2.75, 3.05) is 20.5 Å². The standard InChI is InChI=1S/C18H23BrO2/c1-17(2,13-21-14-20-3)18(19)11-9-16(10-12-18)15-7-5-4-6-8-15/h4-11H,12-14H2,1-3H3. The van der Waals surface area contributed by atoms with Crippen LogP contribution in [0.5, 0.6) is 0 Å². The van der Waals surface area contributed by atoms with Gasteiger partial charge in [0.05, 0.1) is 10.9 Å². The SMILES string of the molecule is COCOCC(C)(C)C1(Br)C=CC(c2ccccc2)=CC1. The Labute approximate surface area is 136 Å². The first-order chi connectivity index (χ1) is 9.98. The molecule has 0 radical (unpaired) electrons. The van der Waals surface area contributed by atoms with E-state index in [0.717, 1.165) is 6.42 Å². The minimum Gasteiger partial charge on any atom is -0.359 e. The summed E-state index contributed by atoms with van der Waals surface area (Å²) in [5.74, 6) is 0. The molecule has 0 spiro atoms. The van der Waals surface area contributed by atoms with Crippen LogP contribution in [0.3, 0.4) is 0 Å². The van der Waals surface area contributed by atoms with Crippen LogP contribution in [0.15, 0.2) is 48.6 Å². The third kappa shape index (κ3) is 3.85. The average molecular weight is 351 g/mol. The third-order valence-corrected chi connectivity index (χ3v) is 5.70. The van der Waals surface area contributed by atoms with Crippen LogP contribution in [-0.2, 0) is 9.47 Å². The van der Waals surface area contributed by atoms with Gasteiger partial charge in [-0.2, -0.15) is 0 Å². The van der Waals surface area contributed by atoms with Gasteiger partial charge in [0, 0.05) is 12.5 Å². The van der Waals surface area contributed by atoms with E-state index in [9.17, 15) is 0 Å².